The Kier molecular flexibility index (Phi) is 4.73. The molecule has 1 aliphatic rings. The van der Waals surface area contributed by atoms with Gasteiger partial charge in [-0.1, -0.05) is 13.3 Å². The Morgan fingerprint density at radius 3 is 2.81 bits per heavy atom. The van der Waals surface area contributed by atoms with Gasteiger partial charge in [-0.3, -0.25) is 4.79 Å². The molecule has 94 valence electrons. The first-order valence-electron chi connectivity index (χ1n) is 5.71. The van der Waals surface area contributed by atoms with E-state index in [1.54, 1.807) is 0 Å². The molecule has 1 aliphatic heterocycles. The Bertz CT molecular complexity index is 340. The Hall–Kier alpha value is -0.620. The van der Waals surface area contributed by atoms with E-state index < -0.39 is 15.9 Å². The molecule has 1 heterocycles. The van der Waals surface area contributed by atoms with E-state index in [1.807, 2.05) is 6.92 Å². The molecule has 1 rings (SSSR count). The van der Waals surface area contributed by atoms with Crippen molar-refractivity contribution in [2.75, 3.05) is 11.5 Å². The van der Waals surface area contributed by atoms with Gasteiger partial charge in [0, 0.05) is 6.04 Å². The lowest BCUT2D eigenvalue weighted by Crippen LogP contribution is -2.49. The molecule has 0 aromatic carbocycles. The highest BCUT2D eigenvalue weighted by Gasteiger charge is 2.26. The first kappa shape index (κ1) is 13.4. The fraction of sp³-hybridized carbons (Fsp3) is 0.900. The zero-order chi connectivity index (χ0) is 12.2. The normalized spacial score (nSPS) is 26.0. The maximum Gasteiger partial charge on any atom is 0.237 e. The van der Waals surface area contributed by atoms with Crippen LogP contribution < -0.4 is 11.1 Å². The molecule has 0 aliphatic carbocycles. The highest BCUT2D eigenvalue weighted by molar-refractivity contribution is 7.91. The van der Waals surface area contributed by atoms with Crippen LogP contribution in [0.25, 0.3) is 0 Å². The van der Waals surface area contributed by atoms with Gasteiger partial charge < -0.3 is 11.1 Å². The summed E-state index contributed by atoms with van der Waals surface area (Å²) in [4.78, 5) is 11.6. The van der Waals surface area contributed by atoms with Crippen LogP contribution in [0.1, 0.15) is 32.6 Å². The summed E-state index contributed by atoms with van der Waals surface area (Å²) in [6.45, 7) is 1.96. The van der Waals surface area contributed by atoms with Crippen LogP contribution in [0.3, 0.4) is 0 Å². The molecule has 16 heavy (non-hydrogen) atoms. The molecular weight excluding hydrogens is 228 g/mol. The molecule has 0 spiro atoms. The number of rotatable bonds is 4. The number of carbonyl (C=O) groups is 1. The van der Waals surface area contributed by atoms with Crippen LogP contribution in [0.2, 0.25) is 0 Å². The van der Waals surface area contributed by atoms with Crippen molar-refractivity contribution in [2.24, 2.45) is 5.73 Å². The number of hydrogen-bond donors (Lipinski definition) is 2. The summed E-state index contributed by atoms with van der Waals surface area (Å²) in [7, 11) is -2.97. The van der Waals surface area contributed by atoms with Crippen molar-refractivity contribution < 1.29 is 13.2 Å². The van der Waals surface area contributed by atoms with Gasteiger partial charge in [0.05, 0.1) is 17.5 Å². The summed E-state index contributed by atoms with van der Waals surface area (Å²) in [5, 5.41) is 2.72. The molecule has 2 atom stereocenters. The topological polar surface area (TPSA) is 89.3 Å². The third-order valence-electron chi connectivity index (χ3n) is 2.75. The largest absolute Gasteiger partial charge is 0.351 e. The molecule has 0 bridgehead atoms. The van der Waals surface area contributed by atoms with Crippen molar-refractivity contribution >= 4 is 15.7 Å². The molecular formula is C10H20N2O3S. The third-order valence-corrected chi connectivity index (χ3v) is 4.57. The zero-order valence-corrected chi connectivity index (χ0v) is 10.4. The third kappa shape index (κ3) is 4.09. The molecule has 2 unspecified atom stereocenters. The minimum atomic E-state index is -2.97. The second-order valence-corrected chi connectivity index (χ2v) is 6.59. The van der Waals surface area contributed by atoms with Gasteiger partial charge in [0.1, 0.15) is 0 Å². The SMILES string of the molecule is CCCC(N)C(=O)NC1CCCS(=O)(=O)C1. The van der Waals surface area contributed by atoms with Gasteiger partial charge >= 0.3 is 0 Å². The Labute approximate surface area is 96.7 Å². The maximum absolute atomic E-state index is 11.6. The van der Waals surface area contributed by atoms with E-state index in [4.69, 9.17) is 5.73 Å². The van der Waals surface area contributed by atoms with Gasteiger partial charge in [0.2, 0.25) is 5.91 Å². The van der Waals surface area contributed by atoms with Gasteiger partial charge in [0.15, 0.2) is 9.84 Å². The fourth-order valence-electron chi connectivity index (χ4n) is 1.89. The molecule has 1 fully saturated rings. The van der Waals surface area contributed by atoms with E-state index in [1.165, 1.54) is 0 Å². The number of carbonyl (C=O) groups excluding carboxylic acids is 1. The van der Waals surface area contributed by atoms with Crippen molar-refractivity contribution in [2.45, 2.75) is 44.7 Å². The highest BCUT2D eigenvalue weighted by atomic mass is 32.2. The molecule has 0 radical (unpaired) electrons. The van der Waals surface area contributed by atoms with E-state index in [2.05, 4.69) is 5.32 Å². The second kappa shape index (κ2) is 5.63. The molecule has 0 saturated carbocycles. The maximum atomic E-state index is 11.6. The Balaban J connectivity index is 2.45. The smallest absolute Gasteiger partial charge is 0.237 e. The molecule has 5 nitrogen and oxygen atoms in total. The predicted octanol–water partition coefficient (Wildman–Crippen LogP) is -0.193. The van der Waals surface area contributed by atoms with Crippen molar-refractivity contribution in [3.63, 3.8) is 0 Å². The van der Waals surface area contributed by atoms with Gasteiger partial charge in [0.25, 0.3) is 0 Å². The molecule has 1 amide bonds. The van der Waals surface area contributed by atoms with Crippen LogP contribution in [-0.4, -0.2) is 37.9 Å². The summed E-state index contributed by atoms with van der Waals surface area (Å²) in [6.07, 6.45) is 2.82. The Morgan fingerprint density at radius 1 is 1.56 bits per heavy atom. The highest BCUT2D eigenvalue weighted by Crippen LogP contribution is 2.12. The average molecular weight is 248 g/mol. The molecule has 0 aromatic rings. The minimum absolute atomic E-state index is 0.0532. The van der Waals surface area contributed by atoms with Gasteiger partial charge in [-0.05, 0) is 19.3 Å². The van der Waals surface area contributed by atoms with E-state index in [0.29, 0.717) is 12.8 Å². The zero-order valence-electron chi connectivity index (χ0n) is 9.61. The van der Waals surface area contributed by atoms with Crippen molar-refractivity contribution in [1.29, 1.82) is 0 Å². The van der Waals surface area contributed by atoms with Crippen LogP contribution >= 0.6 is 0 Å². The summed E-state index contributed by atoms with van der Waals surface area (Å²) < 4.78 is 22.7. The number of nitrogens with two attached hydrogens (primary N) is 1. The number of sulfone groups is 1. The quantitative estimate of drug-likeness (QED) is 0.721. The van der Waals surface area contributed by atoms with Crippen LogP contribution in [0.4, 0.5) is 0 Å². The van der Waals surface area contributed by atoms with Crippen LogP contribution in [0.5, 0.6) is 0 Å². The van der Waals surface area contributed by atoms with Crippen molar-refractivity contribution in [1.82, 2.24) is 5.32 Å². The molecule has 3 N–H and O–H groups in total. The summed E-state index contributed by atoms with van der Waals surface area (Å²) in [5.41, 5.74) is 5.65. The number of hydrogen-bond acceptors (Lipinski definition) is 4. The van der Waals surface area contributed by atoms with Gasteiger partial charge in [-0.25, -0.2) is 8.42 Å². The lowest BCUT2D eigenvalue weighted by Gasteiger charge is -2.24. The number of amides is 1. The van der Waals surface area contributed by atoms with E-state index in [0.717, 1.165) is 12.8 Å². The van der Waals surface area contributed by atoms with Crippen LogP contribution in [-0.2, 0) is 14.6 Å². The molecule has 6 heteroatoms. The van der Waals surface area contributed by atoms with Crippen LogP contribution in [0.15, 0.2) is 0 Å². The van der Waals surface area contributed by atoms with Gasteiger partial charge in [-0.15, -0.1) is 0 Å². The summed E-state index contributed by atoms with van der Waals surface area (Å²) >= 11 is 0. The second-order valence-electron chi connectivity index (χ2n) is 4.36. The predicted molar refractivity (Wildman–Crippen MR) is 62.7 cm³/mol. The summed E-state index contributed by atoms with van der Waals surface area (Å²) in [5.74, 6) is 0.0572. The van der Waals surface area contributed by atoms with Crippen molar-refractivity contribution in [3.8, 4) is 0 Å². The monoisotopic (exact) mass is 248 g/mol. The summed E-state index contributed by atoms with van der Waals surface area (Å²) in [6, 6.07) is -0.774. The van der Waals surface area contributed by atoms with E-state index in [9.17, 15) is 13.2 Å². The average Bonchev–Trinajstić information content (AvgIpc) is 2.16. The lowest BCUT2D eigenvalue weighted by molar-refractivity contribution is -0.123. The molecule has 0 aromatic heterocycles. The van der Waals surface area contributed by atoms with Crippen LogP contribution in [0, 0.1) is 0 Å². The number of nitrogens with one attached hydrogen (secondary N) is 1. The van der Waals surface area contributed by atoms with E-state index in [-0.39, 0.29) is 23.5 Å². The van der Waals surface area contributed by atoms with Gasteiger partial charge in [-0.2, -0.15) is 0 Å². The fourth-order valence-corrected chi connectivity index (χ4v) is 3.52. The first-order valence-corrected chi connectivity index (χ1v) is 7.53. The molecule has 1 saturated heterocycles. The minimum Gasteiger partial charge on any atom is -0.351 e. The van der Waals surface area contributed by atoms with Crippen molar-refractivity contribution in [3.05, 3.63) is 0 Å². The van der Waals surface area contributed by atoms with E-state index >= 15 is 0 Å². The standard InChI is InChI=1S/C10H20N2O3S/c1-2-4-9(11)10(13)12-8-5-3-6-16(14,15)7-8/h8-9H,2-7,11H2,1H3,(H,12,13). The lowest BCUT2D eigenvalue weighted by atomic mass is 10.1. The first-order chi connectivity index (χ1) is 7.44. The Morgan fingerprint density at radius 2 is 2.25 bits per heavy atom.